The van der Waals surface area contributed by atoms with E-state index in [1.165, 1.54) is 5.56 Å². The number of hydrogen-bond donors (Lipinski definition) is 1. The van der Waals surface area contributed by atoms with Crippen molar-refractivity contribution < 1.29 is 9.84 Å². The van der Waals surface area contributed by atoms with Gasteiger partial charge in [-0.15, -0.1) is 0 Å². The van der Waals surface area contributed by atoms with E-state index in [-0.39, 0.29) is 6.10 Å². The second-order valence-electron chi connectivity index (χ2n) is 3.88. The van der Waals surface area contributed by atoms with E-state index in [0.29, 0.717) is 5.92 Å². The highest BCUT2D eigenvalue weighted by Gasteiger charge is 2.26. The minimum absolute atomic E-state index is 0.153. The molecule has 1 aliphatic rings. The molecule has 0 bridgehead atoms. The molecule has 1 heterocycles. The quantitative estimate of drug-likeness (QED) is 0.851. The van der Waals surface area contributed by atoms with E-state index in [1.54, 1.807) is 7.11 Å². The van der Waals surface area contributed by atoms with Gasteiger partial charge in [0.15, 0.2) is 0 Å². The molecule has 2 nitrogen and oxygen atoms in total. The van der Waals surface area contributed by atoms with Crippen molar-refractivity contribution in [3.05, 3.63) is 29.8 Å². The van der Waals surface area contributed by atoms with Gasteiger partial charge in [0.1, 0.15) is 5.75 Å². The molecule has 0 saturated carbocycles. The summed E-state index contributed by atoms with van der Waals surface area (Å²) in [7, 11) is 1.69. The molecule has 2 unspecified atom stereocenters. The first-order chi connectivity index (χ1) is 7.31. The molecule has 1 fully saturated rings. The third-order valence-electron chi connectivity index (χ3n) is 2.84. The number of aliphatic hydroxyl groups is 1. The minimum atomic E-state index is -0.153. The summed E-state index contributed by atoms with van der Waals surface area (Å²) >= 11 is 1.83. The Balaban J connectivity index is 2.09. The van der Waals surface area contributed by atoms with Gasteiger partial charge < -0.3 is 9.84 Å². The summed E-state index contributed by atoms with van der Waals surface area (Å²) in [6.45, 7) is 0. The fraction of sp³-hybridized carbons (Fsp3) is 0.500. The SMILES string of the molecule is COc1ccccc1CC1CSCC1O. The molecule has 0 spiro atoms. The van der Waals surface area contributed by atoms with Crippen LogP contribution in [0.3, 0.4) is 0 Å². The first-order valence-electron chi connectivity index (χ1n) is 5.19. The Morgan fingerprint density at radius 2 is 2.20 bits per heavy atom. The molecule has 1 aromatic rings. The van der Waals surface area contributed by atoms with Gasteiger partial charge >= 0.3 is 0 Å². The monoisotopic (exact) mass is 224 g/mol. The zero-order valence-electron chi connectivity index (χ0n) is 8.85. The summed E-state index contributed by atoms with van der Waals surface area (Å²) < 4.78 is 5.30. The van der Waals surface area contributed by atoms with Gasteiger partial charge in [-0.2, -0.15) is 11.8 Å². The maximum atomic E-state index is 9.75. The van der Waals surface area contributed by atoms with Crippen LogP contribution in [0, 0.1) is 5.92 Å². The fourth-order valence-electron chi connectivity index (χ4n) is 1.94. The molecule has 82 valence electrons. The van der Waals surface area contributed by atoms with Crippen LogP contribution in [-0.2, 0) is 6.42 Å². The van der Waals surface area contributed by atoms with Gasteiger partial charge in [-0.25, -0.2) is 0 Å². The smallest absolute Gasteiger partial charge is 0.122 e. The first kappa shape index (κ1) is 10.8. The molecule has 3 heteroatoms. The summed E-state index contributed by atoms with van der Waals surface area (Å²) in [5.74, 6) is 3.24. The van der Waals surface area contributed by atoms with Gasteiger partial charge in [-0.05, 0) is 29.7 Å². The number of benzene rings is 1. The number of para-hydroxylation sites is 1. The van der Waals surface area contributed by atoms with Crippen LogP contribution in [0.4, 0.5) is 0 Å². The zero-order valence-corrected chi connectivity index (χ0v) is 9.67. The molecular formula is C12H16O2S. The molecule has 1 N–H and O–H groups in total. The zero-order chi connectivity index (χ0) is 10.7. The van der Waals surface area contributed by atoms with Crippen LogP contribution >= 0.6 is 11.8 Å². The highest BCUT2D eigenvalue weighted by atomic mass is 32.2. The number of methoxy groups -OCH3 is 1. The predicted octanol–water partition coefficient (Wildman–Crippen LogP) is 1.96. The van der Waals surface area contributed by atoms with Crippen LogP contribution in [0.1, 0.15) is 5.56 Å². The molecule has 0 aliphatic carbocycles. The molecule has 15 heavy (non-hydrogen) atoms. The molecule has 0 aromatic heterocycles. The molecule has 1 aliphatic heterocycles. The van der Waals surface area contributed by atoms with Gasteiger partial charge in [0, 0.05) is 5.75 Å². The molecule has 0 amide bonds. The standard InChI is InChI=1S/C12H16O2S/c1-14-12-5-3-2-4-9(12)6-10-7-15-8-11(10)13/h2-5,10-11,13H,6-8H2,1H3. The second-order valence-corrected chi connectivity index (χ2v) is 4.96. The van der Waals surface area contributed by atoms with E-state index in [0.717, 1.165) is 23.7 Å². The van der Waals surface area contributed by atoms with Gasteiger partial charge in [-0.1, -0.05) is 18.2 Å². The van der Waals surface area contributed by atoms with Crippen molar-refractivity contribution in [1.29, 1.82) is 0 Å². The summed E-state index contributed by atoms with van der Waals surface area (Å²) in [5, 5.41) is 9.75. The fourth-order valence-corrected chi connectivity index (χ4v) is 3.23. The molecular weight excluding hydrogens is 208 g/mol. The number of thioether (sulfide) groups is 1. The van der Waals surface area contributed by atoms with Crippen molar-refractivity contribution in [2.24, 2.45) is 5.92 Å². The van der Waals surface area contributed by atoms with Crippen LogP contribution in [0.5, 0.6) is 5.75 Å². The third kappa shape index (κ3) is 2.47. The van der Waals surface area contributed by atoms with Gasteiger partial charge in [-0.3, -0.25) is 0 Å². The highest BCUT2D eigenvalue weighted by Crippen LogP contribution is 2.30. The van der Waals surface area contributed by atoms with Crippen molar-refractivity contribution >= 4 is 11.8 Å². The number of rotatable bonds is 3. The maximum absolute atomic E-state index is 9.75. The van der Waals surface area contributed by atoms with Crippen molar-refractivity contribution in [2.45, 2.75) is 12.5 Å². The Morgan fingerprint density at radius 1 is 1.40 bits per heavy atom. The predicted molar refractivity (Wildman–Crippen MR) is 63.5 cm³/mol. The van der Waals surface area contributed by atoms with Crippen molar-refractivity contribution in [3.8, 4) is 5.75 Å². The van der Waals surface area contributed by atoms with Crippen LogP contribution in [-0.4, -0.2) is 29.8 Å². The van der Waals surface area contributed by atoms with Crippen molar-refractivity contribution in [1.82, 2.24) is 0 Å². The molecule has 0 radical (unpaired) electrons. The van der Waals surface area contributed by atoms with E-state index in [2.05, 4.69) is 6.07 Å². The highest BCUT2D eigenvalue weighted by molar-refractivity contribution is 7.99. The Morgan fingerprint density at radius 3 is 2.87 bits per heavy atom. The third-order valence-corrected chi connectivity index (χ3v) is 4.08. The van der Waals surface area contributed by atoms with E-state index in [9.17, 15) is 5.11 Å². The van der Waals surface area contributed by atoms with Crippen LogP contribution in [0.2, 0.25) is 0 Å². The first-order valence-corrected chi connectivity index (χ1v) is 6.34. The summed E-state index contributed by atoms with van der Waals surface area (Å²) in [6.07, 6.45) is 0.762. The topological polar surface area (TPSA) is 29.5 Å². The lowest BCUT2D eigenvalue weighted by atomic mass is 9.96. The minimum Gasteiger partial charge on any atom is -0.496 e. The van der Waals surface area contributed by atoms with Crippen molar-refractivity contribution in [3.63, 3.8) is 0 Å². The molecule has 1 aromatic carbocycles. The Kier molecular flexibility index (Phi) is 3.54. The number of ether oxygens (including phenoxy) is 1. The van der Waals surface area contributed by atoms with Crippen molar-refractivity contribution in [2.75, 3.05) is 18.6 Å². The second kappa shape index (κ2) is 4.90. The average Bonchev–Trinajstić information content (AvgIpc) is 2.65. The summed E-state index contributed by atoms with van der Waals surface area (Å²) in [4.78, 5) is 0. The van der Waals surface area contributed by atoms with Gasteiger partial charge in [0.25, 0.3) is 0 Å². The molecule has 1 saturated heterocycles. The average molecular weight is 224 g/mol. The van der Waals surface area contributed by atoms with E-state index < -0.39 is 0 Å². The Hall–Kier alpha value is -0.670. The number of aliphatic hydroxyl groups excluding tert-OH is 1. The largest absolute Gasteiger partial charge is 0.496 e. The Labute approximate surface area is 94.6 Å². The molecule has 2 atom stereocenters. The van der Waals surface area contributed by atoms with E-state index >= 15 is 0 Å². The van der Waals surface area contributed by atoms with E-state index in [4.69, 9.17) is 4.74 Å². The van der Waals surface area contributed by atoms with Crippen LogP contribution in [0.25, 0.3) is 0 Å². The van der Waals surface area contributed by atoms with E-state index in [1.807, 2.05) is 30.0 Å². The summed E-state index contributed by atoms with van der Waals surface area (Å²) in [6, 6.07) is 8.05. The lowest BCUT2D eigenvalue weighted by Gasteiger charge is -2.15. The lowest BCUT2D eigenvalue weighted by Crippen LogP contribution is -2.20. The maximum Gasteiger partial charge on any atom is 0.122 e. The van der Waals surface area contributed by atoms with Gasteiger partial charge in [0.2, 0.25) is 0 Å². The lowest BCUT2D eigenvalue weighted by molar-refractivity contribution is 0.149. The Bertz CT molecular complexity index is 327. The normalized spacial score (nSPS) is 25.5. The number of hydrogen-bond acceptors (Lipinski definition) is 3. The van der Waals surface area contributed by atoms with Crippen LogP contribution in [0.15, 0.2) is 24.3 Å². The van der Waals surface area contributed by atoms with Crippen LogP contribution < -0.4 is 4.74 Å². The summed E-state index contributed by atoms with van der Waals surface area (Å²) in [5.41, 5.74) is 1.20. The van der Waals surface area contributed by atoms with Gasteiger partial charge in [0.05, 0.1) is 13.2 Å². The molecule has 2 rings (SSSR count).